The predicted octanol–water partition coefficient (Wildman–Crippen LogP) is 0.273. The van der Waals surface area contributed by atoms with Gasteiger partial charge in [0.2, 0.25) is 0 Å². The van der Waals surface area contributed by atoms with Crippen molar-refractivity contribution < 1.29 is 19.7 Å². The lowest BCUT2D eigenvalue weighted by molar-refractivity contribution is -0.161. The minimum absolute atomic E-state index is 0.00805. The Morgan fingerprint density at radius 3 is 2.77 bits per heavy atom. The molecule has 0 amide bonds. The summed E-state index contributed by atoms with van der Waals surface area (Å²) in [6, 6.07) is 0. The molecule has 2 N–H and O–H groups in total. The lowest BCUT2D eigenvalue weighted by Crippen LogP contribution is -2.27. The Morgan fingerprint density at radius 1 is 1.38 bits per heavy atom. The van der Waals surface area contributed by atoms with Gasteiger partial charge in [-0.15, -0.1) is 0 Å². The van der Waals surface area contributed by atoms with Gasteiger partial charge in [0.25, 0.3) is 0 Å². The molecule has 2 unspecified atom stereocenters. The van der Waals surface area contributed by atoms with Crippen molar-refractivity contribution in [1.82, 2.24) is 0 Å². The molecule has 4 heteroatoms. The van der Waals surface area contributed by atoms with E-state index in [0.717, 1.165) is 0 Å². The third-order valence-corrected chi connectivity index (χ3v) is 2.23. The largest absolute Gasteiger partial charge is 0.396 e. The topological polar surface area (TPSA) is 58.9 Å². The van der Waals surface area contributed by atoms with Crippen molar-refractivity contribution in [3.63, 3.8) is 0 Å². The van der Waals surface area contributed by atoms with Gasteiger partial charge in [-0.3, -0.25) is 0 Å². The van der Waals surface area contributed by atoms with E-state index in [9.17, 15) is 0 Å². The summed E-state index contributed by atoms with van der Waals surface area (Å²) in [5.41, 5.74) is 0. The number of hydrogen-bond donors (Lipinski definition) is 2. The summed E-state index contributed by atoms with van der Waals surface area (Å²) in [6.07, 6.45) is 2.01. The van der Waals surface area contributed by atoms with E-state index in [4.69, 9.17) is 19.7 Å². The number of rotatable bonds is 5. The highest BCUT2D eigenvalue weighted by Gasteiger charge is 2.35. The van der Waals surface area contributed by atoms with Crippen LogP contribution in [0.1, 0.15) is 26.2 Å². The van der Waals surface area contributed by atoms with Crippen LogP contribution in [0.15, 0.2) is 0 Å². The SMILES string of the molecule is CC1(CCCO)OCC(CCO)O1. The van der Waals surface area contributed by atoms with E-state index in [1.165, 1.54) is 0 Å². The molecule has 78 valence electrons. The van der Waals surface area contributed by atoms with E-state index in [2.05, 4.69) is 0 Å². The van der Waals surface area contributed by atoms with Crippen LogP contribution in [0, 0.1) is 0 Å². The van der Waals surface area contributed by atoms with Gasteiger partial charge in [-0.25, -0.2) is 0 Å². The first-order valence-electron chi connectivity index (χ1n) is 4.74. The van der Waals surface area contributed by atoms with Crippen molar-refractivity contribution in [3.05, 3.63) is 0 Å². The normalized spacial score (nSPS) is 33.9. The first-order valence-corrected chi connectivity index (χ1v) is 4.74. The van der Waals surface area contributed by atoms with Gasteiger partial charge in [0, 0.05) is 19.6 Å². The van der Waals surface area contributed by atoms with Crippen molar-refractivity contribution in [2.45, 2.75) is 38.1 Å². The first-order chi connectivity index (χ1) is 6.20. The number of aliphatic hydroxyl groups is 2. The highest BCUT2D eigenvalue weighted by atomic mass is 16.7. The van der Waals surface area contributed by atoms with Gasteiger partial charge in [-0.05, 0) is 19.8 Å². The van der Waals surface area contributed by atoms with E-state index in [0.29, 0.717) is 25.9 Å². The Hall–Kier alpha value is -0.160. The Labute approximate surface area is 78.5 Å². The Morgan fingerprint density at radius 2 is 2.15 bits per heavy atom. The lowest BCUT2D eigenvalue weighted by atomic mass is 10.2. The highest BCUT2D eigenvalue weighted by Crippen LogP contribution is 2.28. The summed E-state index contributed by atoms with van der Waals surface area (Å²) in [4.78, 5) is 0. The molecule has 0 saturated carbocycles. The average molecular weight is 190 g/mol. The van der Waals surface area contributed by atoms with Crippen molar-refractivity contribution in [1.29, 1.82) is 0 Å². The van der Waals surface area contributed by atoms with Gasteiger partial charge < -0.3 is 19.7 Å². The molecule has 1 aliphatic rings. The second kappa shape index (κ2) is 4.91. The van der Waals surface area contributed by atoms with Crippen LogP contribution in [0.2, 0.25) is 0 Å². The standard InChI is InChI=1S/C9H18O4/c1-9(4-2-5-10)12-7-8(13-9)3-6-11/h8,10-11H,2-7H2,1H3. The number of ether oxygens (including phenoxy) is 2. The van der Waals surface area contributed by atoms with Crippen LogP contribution in [0.3, 0.4) is 0 Å². The molecule has 0 aromatic heterocycles. The highest BCUT2D eigenvalue weighted by molar-refractivity contribution is 4.74. The molecule has 0 aromatic rings. The van der Waals surface area contributed by atoms with Gasteiger partial charge >= 0.3 is 0 Å². The van der Waals surface area contributed by atoms with E-state index < -0.39 is 5.79 Å². The zero-order chi connectivity index (χ0) is 9.73. The maximum atomic E-state index is 8.70. The molecule has 0 radical (unpaired) electrons. The molecule has 1 aliphatic heterocycles. The van der Waals surface area contributed by atoms with E-state index in [1.54, 1.807) is 0 Å². The van der Waals surface area contributed by atoms with Crippen LogP contribution in [0.25, 0.3) is 0 Å². The summed E-state index contributed by atoms with van der Waals surface area (Å²) in [6.45, 7) is 2.71. The van der Waals surface area contributed by atoms with E-state index in [1.807, 2.05) is 6.92 Å². The Balaban J connectivity index is 2.28. The molecule has 0 aliphatic carbocycles. The summed E-state index contributed by atoms with van der Waals surface area (Å²) >= 11 is 0. The van der Waals surface area contributed by atoms with Crippen LogP contribution < -0.4 is 0 Å². The van der Waals surface area contributed by atoms with Crippen LogP contribution in [-0.4, -0.2) is 41.9 Å². The van der Waals surface area contributed by atoms with Crippen LogP contribution in [0.4, 0.5) is 0 Å². The van der Waals surface area contributed by atoms with Crippen LogP contribution in [-0.2, 0) is 9.47 Å². The third-order valence-electron chi connectivity index (χ3n) is 2.23. The summed E-state index contributed by atoms with van der Waals surface area (Å²) in [7, 11) is 0. The fourth-order valence-corrected chi connectivity index (χ4v) is 1.51. The molecule has 1 heterocycles. The number of hydrogen-bond acceptors (Lipinski definition) is 4. The van der Waals surface area contributed by atoms with Crippen molar-refractivity contribution in [3.8, 4) is 0 Å². The minimum Gasteiger partial charge on any atom is -0.396 e. The molecule has 0 bridgehead atoms. The quantitative estimate of drug-likeness (QED) is 0.653. The van der Waals surface area contributed by atoms with Crippen molar-refractivity contribution in [2.24, 2.45) is 0 Å². The minimum atomic E-state index is -0.553. The molecule has 0 spiro atoms. The molecular weight excluding hydrogens is 172 g/mol. The second-order valence-electron chi connectivity index (χ2n) is 3.52. The zero-order valence-corrected chi connectivity index (χ0v) is 8.03. The van der Waals surface area contributed by atoms with Crippen LogP contribution in [0.5, 0.6) is 0 Å². The average Bonchev–Trinajstić information content (AvgIpc) is 2.46. The molecule has 4 nitrogen and oxygen atoms in total. The molecule has 13 heavy (non-hydrogen) atoms. The van der Waals surface area contributed by atoms with Gasteiger partial charge in [-0.2, -0.15) is 0 Å². The molecule has 0 aromatic carbocycles. The first kappa shape index (κ1) is 10.9. The van der Waals surface area contributed by atoms with Crippen molar-refractivity contribution in [2.75, 3.05) is 19.8 Å². The Kier molecular flexibility index (Phi) is 4.12. The zero-order valence-electron chi connectivity index (χ0n) is 8.03. The molecule has 1 rings (SSSR count). The second-order valence-corrected chi connectivity index (χ2v) is 3.52. The summed E-state index contributed by atoms with van der Waals surface area (Å²) in [5, 5.41) is 17.4. The predicted molar refractivity (Wildman–Crippen MR) is 47.3 cm³/mol. The van der Waals surface area contributed by atoms with Crippen LogP contribution >= 0.6 is 0 Å². The number of aliphatic hydroxyl groups excluding tert-OH is 2. The molecular formula is C9H18O4. The van der Waals surface area contributed by atoms with E-state index >= 15 is 0 Å². The smallest absolute Gasteiger partial charge is 0.166 e. The fraction of sp³-hybridized carbons (Fsp3) is 1.00. The van der Waals surface area contributed by atoms with Crippen molar-refractivity contribution >= 4 is 0 Å². The van der Waals surface area contributed by atoms with E-state index in [-0.39, 0.29) is 19.3 Å². The monoisotopic (exact) mass is 190 g/mol. The third kappa shape index (κ3) is 3.23. The Bertz CT molecular complexity index is 151. The maximum Gasteiger partial charge on any atom is 0.166 e. The fourth-order valence-electron chi connectivity index (χ4n) is 1.51. The maximum absolute atomic E-state index is 8.70. The molecule has 1 saturated heterocycles. The molecule has 1 fully saturated rings. The summed E-state index contributed by atoms with van der Waals surface area (Å²) in [5.74, 6) is -0.553. The summed E-state index contributed by atoms with van der Waals surface area (Å²) < 4.78 is 11.1. The lowest BCUT2D eigenvalue weighted by Gasteiger charge is -2.22. The van der Waals surface area contributed by atoms with Gasteiger partial charge in [0.05, 0.1) is 12.7 Å². The van der Waals surface area contributed by atoms with Gasteiger partial charge in [-0.1, -0.05) is 0 Å². The molecule has 2 atom stereocenters. The van der Waals surface area contributed by atoms with Gasteiger partial charge in [0.15, 0.2) is 5.79 Å². The van der Waals surface area contributed by atoms with Gasteiger partial charge in [0.1, 0.15) is 0 Å².